The number of carbonyl (C=O) groups is 2. The number of nitrogens with one attached hydrogen (secondary N) is 1. The van der Waals surface area contributed by atoms with Crippen LogP contribution < -0.4 is 14.8 Å². The third-order valence-electron chi connectivity index (χ3n) is 2.85. The number of oxime groups is 1. The van der Waals surface area contributed by atoms with Crippen LogP contribution in [-0.2, 0) is 14.4 Å². The summed E-state index contributed by atoms with van der Waals surface area (Å²) in [5, 5.41) is 14.7. The minimum absolute atomic E-state index is 0.0638. The van der Waals surface area contributed by atoms with Gasteiger partial charge in [0.15, 0.2) is 17.2 Å². The van der Waals surface area contributed by atoms with Crippen molar-refractivity contribution in [2.24, 2.45) is 5.16 Å². The van der Waals surface area contributed by atoms with Gasteiger partial charge in [-0.3, -0.25) is 4.79 Å². The first-order chi connectivity index (χ1) is 9.63. The molecule has 1 aromatic rings. The Balaban J connectivity index is 1.64. The van der Waals surface area contributed by atoms with Crippen LogP contribution >= 0.6 is 0 Å². The van der Waals surface area contributed by atoms with Crippen molar-refractivity contribution in [3.63, 3.8) is 0 Å². The van der Waals surface area contributed by atoms with Gasteiger partial charge in [-0.25, -0.2) is 4.79 Å². The van der Waals surface area contributed by atoms with E-state index in [-0.39, 0.29) is 18.9 Å². The van der Waals surface area contributed by atoms with E-state index in [9.17, 15) is 9.59 Å². The molecule has 0 spiro atoms. The first kappa shape index (κ1) is 12.3. The van der Waals surface area contributed by atoms with Crippen molar-refractivity contribution >= 4 is 23.3 Å². The molecule has 2 aliphatic heterocycles. The van der Waals surface area contributed by atoms with E-state index in [2.05, 4.69) is 10.5 Å². The molecule has 8 heteroatoms. The van der Waals surface area contributed by atoms with Crippen LogP contribution in [0.5, 0.6) is 11.5 Å². The second kappa shape index (κ2) is 4.72. The van der Waals surface area contributed by atoms with Gasteiger partial charge in [-0.15, -0.1) is 0 Å². The van der Waals surface area contributed by atoms with E-state index in [4.69, 9.17) is 19.4 Å². The SMILES string of the molecule is O=C(O)C1=NOC(C(=O)Nc2ccc3c(c2)OCO3)C1. The molecule has 0 saturated heterocycles. The Morgan fingerprint density at radius 2 is 2.10 bits per heavy atom. The van der Waals surface area contributed by atoms with Crippen LogP contribution in [0.4, 0.5) is 5.69 Å². The third-order valence-corrected chi connectivity index (χ3v) is 2.85. The first-order valence-corrected chi connectivity index (χ1v) is 5.80. The summed E-state index contributed by atoms with van der Waals surface area (Å²) in [6.07, 6.45) is -1.00. The van der Waals surface area contributed by atoms with Gasteiger partial charge in [0.05, 0.1) is 0 Å². The standard InChI is InChI=1S/C12H10N2O6/c15-11(10-4-7(12(16)17)14-20-10)13-6-1-2-8-9(3-6)19-5-18-8/h1-3,10H,4-5H2,(H,13,15)(H,16,17). The van der Waals surface area contributed by atoms with Gasteiger partial charge in [0, 0.05) is 18.2 Å². The maximum absolute atomic E-state index is 11.9. The van der Waals surface area contributed by atoms with Crippen LogP contribution in [0.25, 0.3) is 0 Å². The van der Waals surface area contributed by atoms with Gasteiger partial charge in [0.25, 0.3) is 5.91 Å². The van der Waals surface area contributed by atoms with Crippen molar-refractivity contribution in [3.8, 4) is 11.5 Å². The Hall–Kier alpha value is -2.77. The number of carboxylic acids is 1. The van der Waals surface area contributed by atoms with Crippen molar-refractivity contribution in [1.29, 1.82) is 0 Å². The zero-order valence-corrected chi connectivity index (χ0v) is 10.2. The lowest BCUT2D eigenvalue weighted by molar-refractivity contribution is -0.129. The molecule has 1 atom stereocenters. The normalized spacial score (nSPS) is 19.2. The smallest absolute Gasteiger partial charge is 0.353 e. The van der Waals surface area contributed by atoms with Crippen LogP contribution in [0.3, 0.4) is 0 Å². The van der Waals surface area contributed by atoms with E-state index in [1.807, 2.05) is 0 Å². The molecular formula is C12H10N2O6. The highest BCUT2D eigenvalue weighted by atomic mass is 16.7. The van der Waals surface area contributed by atoms with Gasteiger partial charge in [-0.05, 0) is 12.1 Å². The molecule has 0 saturated carbocycles. The summed E-state index contributed by atoms with van der Waals surface area (Å²) >= 11 is 0. The molecule has 20 heavy (non-hydrogen) atoms. The largest absolute Gasteiger partial charge is 0.477 e. The number of amides is 1. The molecule has 3 rings (SSSR count). The zero-order valence-electron chi connectivity index (χ0n) is 10.2. The number of nitrogens with zero attached hydrogens (tertiary/aromatic N) is 1. The van der Waals surface area contributed by atoms with Gasteiger partial charge in [0.2, 0.25) is 12.9 Å². The van der Waals surface area contributed by atoms with Crippen LogP contribution in [-0.4, -0.2) is 35.6 Å². The van der Waals surface area contributed by atoms with Gasteiger partial charge in [0.1, 0.15) is 0 Å². The second-order valence-electron chi connectivity index (χ2n) is 4.20. The molecule has 0 bridgehead atoms. The predicted molar refractivity (Wildman–Crippen MR) is 65.8 cm³/mol. The molecule has 0 aromatic heterocycles. The molecule has 2 aliphatic rings. The summed E-state index contributed by atoms with van der Waals surface area (Å²) in [5.74, 6) is -0.513. The van der Waals surface area contributed by atoms with Crippen LogP contribution in [0.15, 0.2) is 23.4 Å². The zero-order chi connectivity index (χ0) is 14.1. The van der Waals surface area contributed by atoms with Crippen molar-refractivity contribution in [2.75, 3.05) is 12.1 Å². The van der Waals surface area contributed by atoms with Gasteiger partial charge in [-0.2, -0.15) is 0 Å². The number of hydrogen-bond donors (Lipinski definition) is 2. The number of anilines is 1. The first-order valence-electron chi connectivity index (χ1n) is 5.80. The minimum atomic E-state index is -1.19. The molecule has 104 valence electrons. The Kier molecular flexibility index (Phi) is 2.90. The van der Waals surface area contributed by atoms with Crippen molar-refractivity contribution in [1.82, 2.24) is 0 Å². The van der Waals surface area contributed by atoms with E-state index in [1.54, 1.807) is 18.2 Å². The van der Waals surface area contributed by atoms with E-state index in [1.165, 1.54) is 0 Å². The van der Waals surface area contributed by atoms with E-state index in [0.717, 1.165) is 0 Å². The van der Waals surface area contributed by atoms with Crippen LogP contribution in [0, 0.1) is 0 Å². The number of fused-ring (bicyclic) bond motifs is 1. The molecular weight excluding hydrogens is 268 g/mol. The summed E-state index contributed by atoms with van der Waals surface area (Å²) in [6, 6.07) is 4.94. The lowest BCUT2D eigenvalue weighted by atomic mass is 10.1. The number of aliphatic carboxylic acids is 1. The summed E-state index contributed by atoms with van der Waals surface area (Å²) in [6.45, 7) is 0.147. The minimum Gasteiger partial charge on any atom is -0.477 e. The molecule has 8 nitrogen and oxygen atoms in total. The lowest BCUT2D eigenvalue weighted by Crippen LogP contribution is -2.28. The fourth-order valence-electron chi connectivity index (χ4n) is 1.84. The Bertz CT molecular complexity index is 612. The predicted octanol–water partition coefficient (Wildman–Crippen LogP) is 0.583. The molecule has 0 aliphatic carbocycles. The number of rotatable bonds is 3. The van der Waals surface area contributed by atoms with E-state index in [0.29, 0.717) is 17.2 Å². The van der Waals surface area contributed by atoms with Crippen LogP contribution in [0.2, 0.25) is 0 Å². The monoisotopic (exact) mass is 278 g/mol. The maximum Gasteiger partial charge on any atom is 0.353 e. The van der Waals surface area contributed by atoms with E-state index < -0.39 is 18.0 Å². The van der Waals surface area contributed by atoms with Gasteiger partial charge in [-0.1, -0.05) is 5.16 Å². The molecule has 2 heterocycles. The fraction of sp³-hybridized carbons (Fsp3) is 0.250. The molecule has 1 unspecified atom stereocenters. The number of carbonyl (C=O) groups excluding carboxylic acids is 1. The Morgan fingerprint density at radius 3 is 2.85 bits per heavy atom. The average Bonchev–Trinajstić information content (AvgIpc) is 3.07. The number of benzene rings is 1. The number of carboxylic acid groups (broad SMARTS) is 1. The topological polar surface area (TPSA) is 106 Å². The Labute approximate surface area is 112 Å². The molecule has 1 aromatic carbocycles. The van der Waals surface area contributed by atoms with Crippen LogP contribution in [0.1, 0.15) is 6.42 Å². The van der Waals surface area contributed by atoms with Gasteiger partial charge >= 0.3 is 5.97 Å². The summed E-state index contributed by atoms with van der Waals surface area (Å²) in [4.78, 5) is 27.4. The summed E-state index contributed by atoms with van der Waals surface area (Å²) < 4.78 is 10.3. The lowest BCUT2D eigenvalue weighted by Gasteiger charge is -2.09. The van der Waals surface area contributed by atoms with Crippen molar-refractivity contribution in [2.45, 2.75) is 12.5 Å². The molecule has 2 N–H and O–H groups in total. The quantitative estimate of drug-likeness (QED) is 0.837. The number of hydrogen-bond acceptors (Lipinski definition) is 6. The van der Waals surface area contributed by atoms with E-state index >= 15 is 0 Å². The fourth-order valence-corrected chi connectivity index (χ4v) is 1.84. The Morgan fingerprint density at radius 1 is 1.30 bits per heavy atom. The van der Waals surface area contributed by atoms with Crippen molar-refractivity contribution in [3.05, 3.63) is 18.2 Å². The third kappa shape index (κ3) is 2.22. The molecule has 1 amide bonds. The molecule has 0 fully saturated rings. The van der Waals surface area contributed by atoms with Crippen molar-refractivity contribution < 1.29 is 29.0 Å². The highest BCUT2D eigenvalue weighted by molar-refractivity contribution is 6.36. The highest BCUT2D eigenvalue weighted by Gasteiger charge is 2.31. The maximum atomic E-state index is 11.9. The number of ether oxygens (including phenoxy) is 2. The van der Waals surface area contributed by atoms with Gasteiger partial charge < -0.3 is 24.7 Å². The summed E-state index contributed by atoms with van der Waals surface area (Å²) in [5.41, 5.74) is 0.336. The summed E-state index contributed by atoms with van der Waals surface area (Å²) in [7, 11) is 0. The highest BCUT2D eigenvalue weighted by Crippen LogP contribution is 2.34. The average molecular weight is 278 g/mol. The molecule has 0 radical (unpaired) electrons. The second-order valence-corrected chi connectivity index (χ2v) is 4.20.